The van der Waals surface area contributed by atoms with Crippen molar-refractivity contribution >= 4 is 17.3 Å². The van der Waals surface area contributed by atoms with Crippen molar-refractivity contribution < 1.29 is 4.39 Å². The second-order valence-electron chi connectivity index (χ2n) is 2.44. The van der Waals surface area contributed by atoms with Crippen molar-refractivity contribution in [3.63, 3.8) is 0 Å². The Kier molecular flexibility index (Phi) is 2.99. The third kappa shape index (κ3) is 2.27. The van der Waals surface area contributed by atoms with Crippen LogP contribution in [-0.4, -0.2) is 5.71 Å². The van der Waals surface area contributed by atoms with E-state index in [1.54, 1.807) is 0 Å². The number of nitriles is 1. The van der Waals surface area contributed by atoms with E-state index in [2.05, 4.69) is 0 Å². The van der Waals surface area contributed by atoms with Gasteiger partial charge in [-0.1, -0.05) is 17.7 Å². The molecule has 4 heteroatoms. The van der Waals surface area contributed by atoms with Crippen LogP contribution in [-0.2, 0) is 0 Å². The first kappa shape index (κ1) is 9.69. The summed E-state index contributed by atoms with van der Waals surface area (Å²) in [4.78, 5) is 0. The van der Waals surface area contributed by atoms with E-state index in [0.29, 0.717) is 5.56 Å². The largest absolute Gasteiger partial charge is 0.304 e. The molecule has 0 radical (unpaired) electrons. The standard InChI is InChI=1S/C9H6ClFN2/c10-7-2-1-6(5-8(7)11)9(13)3-4-12/h1-2,5,13H,3H2. The maximum atomic E-state index is 12.9. The molecule has 0 spiro atoms. The zero-order chi connectivity index (χ0) is 9.84. The topological polar surface area (TPSA) is 47.6 Å². The summed E-state index contributed by atoms with van der Waals surface area (Å²) >= 11 is 5.45. The number of benzene rings is 1. The van der Waals surface area contributed by atoms with E-state index in [-0.39, 0.29) is 17.2 Å². The maximum absolute atomic E-state index is 12.9. The Morgan fingerprint density at radius 1 is 1.62 bits per heavy atom. The van der Waals surface area contributed by atoms with Crippen molar-refractivity contribution in [2.45, 2.75) is 6.42 Å². The Balaban J connectivity index is 2.98. The van der Waals surface area contributed by atoms with Crippen LogP contribution in [0.15, 0.2) is 18.2 Å². The van der Waals surface area contributed by atoms with Crippen LogP contribution >= 0.6 is 11.6 Å². The summed E-state index contributed by atoms with van der Waals surface area (Å²) in [5.41, 5.74) is 0.488. The molecular formula is C9H6ClFN2. The number of hydrogen-bond acceptors (Lipinski definition) is 2. The van der Waals surface area contributed by atoms with Crippen molar-refractivity contribution in [1.29, 1.82) is 10.7 Å². The minimum atomic E-state index is -0.568. The normalized spacial score (nSPS) is 9.31. The number of rotatable bonds is 2. The molecule has 0 bridgehead atoms. The molecule has 2 nitrogen and oxygen atoms in total. The van der Waals surface area contributed by atoms with Gasteiger partial charge in [-0.2, -0.15) is 5.26 Å². The summed E-state index contributed by atoms with van der Waals surface area (Å²) in [5, 5.41) is 15.7. The fourth-order valence-electron chi connectivity index (χ4n) is 0.865. The average molecular weight is 197 g/mol. The Morgan fingerprint density at radius 3 is 2.85 bits per heavy atom. The van der Waals surface area contributed by atoms with Crippen LogP contribution in [0.4, 0.5) is 4.39 Å². The summed E-state index contributed by atoms with van der Waals surface area (Å²) in [6.07, 6.45) is -0.0267. The zero-order valence-corrected chi connectivity index (χ0v) is 7.40. The fraction of sp³-hybridized carbons (Fsp3) is 0.111. The monoisotopic (exact) mass is 196 g/mol. The van der Waals surface area contributed by atoms with Crippen LogP contribution in [0, 0.1) is 22.6 Å². The summed E-state index contributed by atoms with van der Waals surface area (Å²) in [5.74, 6) is -0.568. The van der Waals surface area contributed by atoms with Gasteiger partial charge >= 0.3 is 0 Å². The molecule has 0 heterocycles. The van der Waals surface area contributed by atoms with Gasteiger partial charge in [0.05, 0.1) is 23.2 Å². The molecule has 0 amide bonds. The summed E-state index contributed by atoms with van der Waals surface area (Å²) in [6, 6.07) is 5.87. The van der Waals surface area contributed by atoms with Gasteiger partial charge in [-0.3, -0.25) is 0 Å². The summed E-state index contributed by atoms with van der Waals surface area (Å²) in [7, 11) is 0. The van der Waals surface area contributed by atoms with Gasteiger partial charge in [0.25, 0.3) is 0 Å². The molecule has 1 aromatic rings. The summed E-state index contributed by atoms with van der Waals surface area (Å²) < 4.78 is 12.9. The van der Waals surface area contributed by atoms with Gasteiger partial charge in [-0.05, 0) is 17.7 Å². The SMILES string of the molecule is N#CCC(=N)c1ccc(Cl)c(F)c1. The van der Waals surface area contributed by atoms with Crippen LogP contribution in [0.1, 0.15) is 12.0 Å². The second-order valence-corrected chi connectivity index (χ2v) is 2.85. The lowest BCUT2D eigenvalue weighted by Crippen LogP contribution is -1.97. The molecule has 0 fully saturated rings. The molecule has 0 aromatic heterocycles. The Hall–Kier alpha value is -1.40. The average Bonchev–Trinajstić information content (AvgIpc) is 2.10. The van der Waals surface area contributed by atoms with Crippen molar-refractivity contribution in [3.8, 4) is 6.07 Å². The molecule has 0 aliphatic carbocycles. The molecule has 1 N–H and O–H groups in total. The molecule has 0 aliphatic heterocycles. The van der Waals surface area contributed by atoms with Gasteiger partial charge in [0.2, 0.25) is 0 Å². The molecule has 0 atom stereocenters. The lowest BCUT2D eigenvalue weighted by Gasteiger charge is -2.00. The highest BCUT2D eigenvalue weighted by Crippen LogP contribution is 2.16. The minimum Gasteiger partial charge on any atom is -0.304 e. The molecular weight excluding hydrogens is 191 g/mol. The Bertz CT molecular complexity index is 382. The van der Waals surface area contributed by atoms with Crippen LogP contribution in [0.5, 0.6) is 0 Å². The maximum Gasteiger partial charge on any atom is 0.142 e. The van der Waals surface area contributed by atoms with Crippen molar-refractivity contribution in [3.05, 3.63) is 34.6 Å². The quantitative estimate of drug-likeness (QED) is 0.727. The lowest BCUT2D eigenvalue weighted by molar-refractivity contribution is 0.628. The third-order valence-corrected chi connectivity index (χ3v) is 1.83. The van der Waals surface area contributed by atoms with Gasteiger partial charge in [-0.15, -0.1) is 0 Å². The van der Waals surface area contributed by atoms with Crippen molar-refractivity contribution in [2.75, 3.05) is 0 Å². The molecule has 0 saturated carbocycles. The number of nitrogens with one attached hydrogen (secondary N) is 1. The van der Waals surface area contributed by atoms with Crippen molar-refractivity contribution in [1.82, 2.24) is 0 Å². The van der Waals surface area contributed by atoms with Gasteiger partial charge < -0.3 is 5.41 Å². The molecule has 0 aliphatic rings. The minimum absolute atomic E-state index is 0.0218. The third-order valence-electron chi connectivity index (χ3n) is 1.52. The van der Waals surface area contributed by atoms with Crippen LogP contribution in [0.25, 0.3) is 0 Å². The Morgan fingerprint density at radius 2 is 2.31 bits per heavy atom. The summed E-state index contributed by atoms with van der Waals surface area (Å²) in [6.45, 7) is 0. The fourth-order valence-corrected chi connectivity index (χ4v) is 0.983. The van der Waals surface area contributed by atoms with Gasteiger partial charge in [0.1, 0.15) is 5.82 Å². The first-order valence-corrected chi connectivity index (χ1v) is 3.92. The van der Waals surface area contributed by atoms with E-state index in [4.69, 9.17) is 22.3 Å². The predicted octanol–water partition coefficient (Wildman–Crippen LogP) is 2.76. The molecule has 1 rings (SSSR count). The zero-order valence-electron chi connectivity index (χ0n) is 6.64. The highest BCUT2D eigenvalue weighted by Gasteiger charge is 2.04. The van der Waals surface area contributed by atoms with Gasteiger partial charge in [0.15, 0.2) is 0 Å². The number of hydrogen-bond donors (Lipinski definition) is 1. The lowest BCUT2D eigenvalue weighted by atomic mass is 10.1. The highest BCUT2D eigenvalue weighted by molar-refractivity contribution is 6.30. The van der Waals surface area contributed by atoms with Crippen molar-refractivity contribution in [2.24, 2.45) is 0 Å². The highest BCUT2D eigenvalue weighted by atomic mass is 35.5. The number of nitrogens with zero attached hydrogens (tertiary/aromatic N) is 1. The van der Waals surface area contributed by atoms with Crippen LogP contribution in [0.3, 0.4) is 0 Å². The van der Waals surface area contributed by atoms with Crippen LogP contribution < -0.4 is 0 Å². The van der Waals surface area contributed by atoms with E-state index >= 15 is 0 Å². The van der Waals surface area contributed by atoms with E-state index in [1.165, 1.54) is 12.1 Å². The molecule has 1 aromatic carbocycles. The van der Waals surface area contributed by atoms with E-state index < -0.39 is 5.82 Å². The van der Waals surface area contributed by atoms with Crippen LogP contribution in [0.2, 0.25) is 5.02 Å². The molecule has 13 heavy (non-hydrogen) atoms. The first-order chi connectivity index (χ1) is 6.15. The molecule has 0 unspecified atom stereocenters. The van der Waals surface area contributed by atoms with Gasteiger partial charge in [-0.25, -0.2) is 4.39 Å². The van der Waals surface area contributed by atoms with E-state index in [0.717, 1.165) is 6.07 Å². The number of halogens is 2. The Labute approximate surface area is 80.1 Å². The second kappa shape index (κ2) is 4.01. The predicted molar refractivity (Wildman–Crippen MR) is 48.5 cm³/mol. The first-order valence-electron chi connectivity index (χ1n) is 3.55. The molecule has 66 valence electrons. The van der Waals surface area contributed by atoms with E-state index in [9.17, 15) is 4.39 Å². The van der Waals surface area contributed by atoms with E-state index in [1.807, 2.05) is 6.07 Å². The smallest absolute Gasteiger partial charge is 0.142 e. The molecule has 0 saturated heterocycles. The van der Waals surface area contributed by atoms with Gasteiger partial charge in [0, 0.05) is 0 Å².